The fraction of sp³-hybridized carbons (Fsp3) is 0.200. The van der Waals surface area contributed by atoms with Crippen molar-refractivity contribution in [1.29, 1.82) is 0 Å². The Morgan fingerprint density at radius 2 is 1.68 bits per heavy atom. The van der Waals surface area contributed by atoms with Gasteiger partial charge in [-0.25, -0.2) is 4.39 Å². The van der Waals surface area contributed by atoms with Crippen LogP contribution in [0.25, 0.3) is 0 Å². The minimum absolute atomic E-state index is 0.287. The monoisotopic (exact) mass is 280 g/mol. The van der Waals surface area contributed by atoms with Gasteiger partial charge in [0.1, 0.15) is 17.3 Å². The molecule has 2 aromatic rings. The zero-order valence-corrected chi connectivity index (χ0v) is 11.4. The first-order valence-electron chi connectivity index (χ1n) is 5.77. The highest BCUT2D eigenvalue weighted by Crippen LogP contribution is 2.37. The zero-order chi connectivity index (χ0) is 13.8. The second-order valence-electron chi connectivity index (χ2n) is 4.02. The Balaban J connectivity index is 2.41. The molecule has 0 spiro atoms. The normalized spacial score (nSPS) is 12.0. The van der Waals surface area contributed by atoms with Gasteiger partial charge in [0, 0.05) is 5.56 Å². The van der Waals surface area contributed by atoms with Crippen molar-refractivity contribution >= 4 is 11.6 Å². The highest BCUT2D eigenvalue weighted by atomic mass is 35.5. The Morgan fingerprint density at radius 1 is 1.00 bits per heavy atom. The van der Waals surface area contributed by atoms with Crippen LogP contribution in [0.15, 0.2) is 42.5 Å². The average molecular weight is 281 g/mol. The van der Waals surface area contributed by atoms with Gasteiger partial charge in [-0.1, -0.05) is 12.1 Å². The molecule has 0 heterocycles. The molecule has 0 radical (unpaired) electrons. The van der Waals surface area contributed by atoms with Gasteiger partial charge in [-0.05, 0) is 35.9 Å². The third-order valence-corrected chi connectivity index (χ3v) is 3.36. The Morgan fingerprint density at radius 3 is 2.26 bits per heavy atom. The standard InChI is InChI=1S/C15H14ClFO2/c1-18-12-7-8-14(19-2)13(9-12)15(16)10-3-5-11(17)6-4-10/h3-9,15H,1-2H3. The molecule has 100 valence electrons. The molecule has 0 aromatic heterocycles. The molecule has 0 amide bonds. The molecule has 2 nitrogen and oxygen atoms in total. The Labute approximate surface area is 116 Å². The molecule has 1 atom stereocenters. The quantitative estimate of drug-likeness (QED) is 0.783. The summed E-state index contributed by atoms with van der Waals surface area (Å²) in [6.45, 7) is 0. The smallest absolute Gasteiger partial charge is 0.124 e. The molecule has 0 aliphatic heterocycles. The van der Waals surface area contributed by atoms with E-state index in [9.17, 15) is 4.39 Å². The van der Waals surface area contributed by atoms with Crippen molar-refractivity contribution in [3.05, 3.63) is 59.4 Å². The number of benzene rings is 2. The van der Waals surface area contributed by atoms with E-state index in [1.807, 2.05) is 6.07 Å². The Kier molecular flexibility index (Phi) is 4.27. The zero-order valence-electron chi connectivity index (χ0n) is 10.7. The summed E-state index contributed by atoms with van der Waals surface area (Å²) >= 11 is 6.44. The molecule has 4 heteroatoms. The van der Waals surface area contributed by atoms with Crippen LogP contribution in [0.1, 0.15) is 16.5 Å². The van der Waals surface area contributed by atoms with Crippen molar-refractivity contribution in [2.45, 2.75) is 5.38 Å². The van der Waals surface area contributed by atoms with Gasteiger partial charge in [-0.2, -0.15) is 0 Å². The highest BCUT2D eigenvalue weighted by Gasteiger charge is 2.16. The summed E-state index contributed by atoms with van der Waals surface area (Å²) in [6, 6.07) is 11.5. The number of rotatable bonds is 4. The van der Waals surface area contributed by atoms with Gasteiger partial charge in [-0.3, -0.25) is 0 Å². The summed E-state index contributed by atoms with van der Waals surface area (Å²) in [5, 5.41) is -0.425. The van der Waals surface area contributed by atoms with E-state index in [0.29, 0.717) is 11.5 Å². The SMILES string of the molecule is COc1ccc(OC)c(C(Cl)c2ccc(F)cc2)c1. The van der Waals surface area contributed by atoms with Crippen LogP contribution in [0.4, 0.5) is 4.39 Å². The molecule has 0 fully saturated rings. The van der Waals surface area contributed by atoms with Gasteiger partial charge in [0.15, 0.2) is 0 Å². The van der Waals surface area contributed by atoms with Crippen LogP contribution in [-0.2, 0) is 0 Å². The van der Waals surface area contributed by atoms with E-state index in [1.165, 1.54) is 12.1 Å². The van der Waals surface area contributed by atoms with Crippen LogP contribution in [-0.4, -0.2) is 14.2 Å². The van der Waals surface area contributed by atoms with E-state index in [0.717, 1.165) is 11.1 Å². The van der Waals surface area contributed by atoms with E-state index in [2.05, 4.69) is 0 Å². The minimum Gasteiger partial charge on any atom is -0.497 e. The molecule has 19 heavy (non-hydrogen) atoms. The van der Waals surface area contributed by atoms with Gasteiger partial charge in [0.05, 0.1) is 19.6 Å². The minimum atomic E-state index is -0.425. The molecular weight excluding hydrogens is 267 g/mol. The lowest BCUT2D eigenvalue weighted by molar-refractivity contribution is 0.399. The maximum Gasteiger partial charge on any atom is 0.124 e. The van der Waals surface area contributed by atoms with Crippen LogP contribution < -0.4 is 9.47 Å². The van der Waals surface area contributed by atoms with Crippen molar-refractivity contribution in [3.8, 4) is 11.5 Å². The van der Waals surface area contributed by atoms with Crippen LogP contribution in [0, 0.1) is 5.82 Å². The lowest BCUT2D eigenvalue weighted by atomic mass is 10.0. The first-order valence-corrected chi connectivity index (χ1v) is 6.21. The average Bonchev–Trinajstić information content (AvgIpc) is 2.46. The molecule has 1 unspecified atom stereocenters. The van der Waals surface area contributed by atoms with Crippen molar-refractivity contribution < 1.29 is 13.9 Å². The molecule has 2 aromatic carbocycles. The molecule has 0 saturated carbocycles. The second-order valence-corrected chi connectivity index (χ2v) is 4.46. The first kappa shape index (κ1) is 13.7. The molecule has 0 aliphatic carbocycles. The largest absolute Gasteiger partial charge is 0.497 e. The van der Waals surface area contributed by atoms with Crippen molar-refractivity contribution in [2.24, 2.45) is 0 Å². The number of alkyl halides is 1. The predicted molar refractivity (Wildman–Crippen MR) is 73.6 cm³/mol. The summed E-state index contributed by atoms with van der Waals surface area (Å²) in [4.78, 5) is 0. The summed E-state index contributed by atoms with van der Waals surface area (Å²) < 4.78 is 23.4. The van der Waals surface area contributed by atoms with Crippen LogP contribution in [0.5, 0.6) is 11.5 Å². The molecule has 0 N–H and O–H groups in total. The van der Waals surface area contributed by atoms with Crippen LogP contribution in [0.3, 0.4) is 0 Å². The Bertz CT molecular complexity index is 555. The number of hydrogen-bond donors (Lipinski definition) is 0. The molecule has 2 rings (SSSR count). The van der Waals surface area contributed by atoms with E-state index < -0.39 is 5.38 Å². The van der Waals surface area contributed by atoms with E-state index in [4.69, 9.17) is 21.1 Å². The number of methoxy groups -OCH3 is 2. The van der Waals surface area contributed by atoms with Crippen LogP contribution in [0.2, 0.25) is 0 Å². The van der Waals surface area contributed by atoms with E-state index in [-0.39, 0.29) is 5.82 Å². The number of halogens is 2. The summed E-state index contributed by atoms with van der Waals surface area (Å²) in [6.07, 6.45) is 0. The lowest BCUT2D eigenvalue weighted by Gasteiger charge is -2.15. The third-order valence-electron chi connectivity index (χ3n) is 2.87. The van der Waals surface area contributed by atoms with Crippen molar-refractivity contribution in [3.63, 3.8) is 0 Å². The number of ether oxygens (including phenoxy) is 2. The maximum atomic E-state index is 12.9. The molecule has 0 bridgehead atoms. The topological polar surface area (TPSA) is 18.5 Å². The summed E-state index contributed by atoms with van der Waals surface area (Å²) in [5.74, 6) is 1.08. The number of hydrogen-bond acceptors (Lipinski definition) is 2. The lowest BCUT2D eigenvalue weighted by Crippen LogP contribution is -1.98. The summed E-state index contributed by atoms with van der Waals surface area (Å²) in [7, 11) is 3.17. The van der Waals surface area contributed by atoms with Gasteiger partial charge < -0.3 is 9.47 Å². The fourth-order valence-corrected chi connectivity index (χ4v) is 2.16. The fourth-order valence-electron chi connectivity index (χ4n) is 1.85. The predicted octanol–water partition coefficient (Wildman–Crippen LogP) is 4.17. The van der Waals surface area contributed by atoms with E-state index in [1.54, 1.807) is 38.5 Å². The van der Waals surface area contributed by atoms with Gasteiger partial charge in [-0.15, -0.1) is 11.6 Å². The van der Waals surface area contributed by atoms with Crippen LogP contribution >= 0.6 is 11.6 Å². The van der Waals surface area contributed by atoms with Gasteiger partial charge in [0.25, 0.3) is 0 Å². The maximum absolute atomic E-state index is 12.9. The molecule has 0 aliphatic rings. The Hall–Kier alpha value is -1.74. The third kappa shape index (κ3) is 2.99. The molecular formula is C15H14ClFO2. The van der Waals surface area contributed by atoms with Gasteiger partial charge >= 0.3 is 0 Å². The van der Waals surface area contributed by atoms with Crippen molar-refractivity contribution in [1.82, 2.24) is 0 Å². The summed E-state index contributed by atoms with van der Waals surface area (Å²) in [5.41, 5.74) is 1.59. The van der Waals surface area contributed by atoms with Gasteiger partial charge in [0.2, 0.25) is 0 Å². The highest BCUT2D eigenvalue weighted by molar-refractivity contribution is 6.22. The second kappa shape index (κ2) is 5.93. The van der Waals surface area contributed by atoms with Crippen molar-refractivity contribution in [2.75, 3.05) is 14.2 Å². The molecule has 0 saturated heterocycles. The van der Waals surface area contributed by atoms with E-state index >= 15 is 0 Å². The first-order chi connectivity index (χ1) is 9.15.